The number of nitrogens with two attached hydrogens (primary N) is 1. The van der Waals surface area contributed by atoms with Crippen molar-refractivity contribution in [1.29, 1.82) is 0 Å². The third-order valence-electron chi connectivity index (χ3n) is 4.37. The first kappa shape index (κ1) is 15.4. The molecule has 3 N–H and O–H groups in total. The van der Waals surface area contributed by atoms with Crippen LogP contribution in [0.25, 0.3) is 11.0 Å². The Labute approximate surface area is 144 Å². The molecule has 0 radical (unpaired) electrons. The summed E-state index contributed by atoms with van der Waals surface area (Å²) in [7, 11) is 0. The average molecular weight is 338 g/mol. The molecule has 1 fully saturated rings. The number of nitrogen functional groups attached to an aromatic ring is 1. The van der Waals surface area contributed by atoms with Crippen LogP contribution in [-0.4, -0.2) is 44.9 Å². The van der Waals surface area contributed by atoms with E-state index in [4.69, 9.17) is 10.2 Å². The number of aromatic nitrogens is 3. The minimum absolute atomic E-state index is 0.0596. The number of furan rings is 1. The fraction of sp³-hybridized carbons (Fsp3) is 0.294. The fourth-order valence-electron chi connectivity index (χ4n) is 3.05. The van der Waals surface area contributed by atoms with Crippen LogP contribution in [0.4, 0.5) is 11.6 Å². The van der Waals surface area contributed by atoms with Gasteiger partial charge in [0, 0.05) is 19.1 Å². The SMILES string of the molecule is Nc1ccc2c(NC3CCN(C(=O)c4ccco4)CC3)ncnc2n1. The van der Waals surface area contributed by atoms with E-state index in [9.17, 15) is 4.79 Å². The Morgan fingerprint density at radius 2 is 2.08 bits per heavy atom. The van der Waals surface area contributed by atoms with Gasteiger partial charge in [-0.15, -0.1) is 0 Å². The summed E-state index contributed by atoms with van der Waals surface area (Å²) in [5.74, 6) is 1.50. The highest BCUT2D eigenvalue weighted by atomic mass is 16.3. The minimum atomic E-state index is -0.0596. The van der Waals surface area contributed by atoms with Gasteiger partial charge in [0.05, 0.1) is 11.6 Å². The molecule has 4 heterocycles. The van der Waals surface area contributed by atoms with Gasteiger partial charge in [0.2, 0.25) is 0 Å². The van der Waals surface area contributed by atoms with Crippen molar-refractivity contribution in [3.05, 3.63) is 42.6 Å². The molecule has 0 spiro atoms. The van der Waals surface area contributed by atoms with Gasteiger partial charge in [-0.05, 0) is 37.1 Å². The number of rotatable bonds is 3. The van der Waals surface area contributed by atoms with Crippen molar-refractivity contribution >= 4 is 28.6 Å². The average Bonchev–Trinajstić information content (AvgIpc) is 3.16. The van der Waals surface area contributed by atoms with E-state index in [0.29, 0.717) is 30.3 Å². The number of fused-ring (bicyclic) bond motifs is 1. The molecular formula is C17H18N6O2. The van der Waals surface area contributed by atoms with Crippen LogP contribution in [-0.2, 0) is 0 Å². The molecule has 0 bridgehead atoms. The summed E-state index contributed by atoms with van der Waals surface area (Å²) in [6.45, 7) is 1.34. The number of piperidine rings is 1. The summed E-state index contributed by atoms with van der Waals surface area (Å²) in [6.07, 6.45) is 4.66. The number of nitrogens with one attached hydrogen (secondary N) is 1. The molecule has 0 aliphatic carbocycles. The van der Waals surface area contributed by atoms with Crippen LogP contribution in [0.5, 0.6) is 0 Å². The van der Waals surface area contributed by atoms with Crippen LogP contribution in [0.2, 0.25) is 0 Å². The van der Waals surface area contributed by atoms with E-state index in [0.717, 1.165) is 24.0 Å². The van der Waals surface area contributed by atoms with Crippen LogP contribution in [0, 0.1) is 0 Å². The molecule has 1 amide bonds. The number of carbonyl (C=O) groups is 1. The summed E-state index contributed by atoms with van der Waals surface area (Å²) >= 11 is 0. The van der Waals surface area contributed by atoms with Crippen molar-refractivity contribution < 1.29 is 9.21 Å². The van der Waals surface area contributed by atoms with Gasteiger partial charge in [-0.2, -0.15) is 0 Å². The summed E-state index contributed by atoms with van der Waals surface area (Å²) in [6, 6.07) is 7.26. The topological polar surface area (TPSA) is 110 Å². The number of hydrogen-bond acceptors (Lipinski definition) is 7. The molecule has 0 unspecified atom stereocenters. The lowest BCUT2D eigenvalue weighted by molar-refractivity contribution is 0.0686. The Morgan fingerprint density at radius 3 is 2.84 bits per heavy atom. The van der Waals surface area contributed by atoms with E-state index in [1.807, 2.05) is 11.0 Å². The Hall–Kier alpha value is -3.16. The molecule has 1 saturated heterocycles. The van der Waals surface area contributed by atoms with Gasteiger partial charge in [-0.1, -0.05) is 0 Å². The van der Waals surface area contributed by atoms with E-state index in [-0.39, 0.29) is 11.9 Å². The molecular weight excluding hydrogens is 320 g/mol. The molecule has 128 valence electrons. The van der Waals surface area contributed by atoms with E-state index in [2.05, 4.69) is 20.3 Å². The van der Waals surface area contributed by atoms with Crippen molar-refractivity contribution in [2.75, 3.05) is 24.1 Å². The van der Waals surface area contributed by atoms with Crippen molar-refractivity contribution in [2.45, 2.75) is 18.9 Å². The Bertz CT molecular complexity index is 887. The number of anilines is 2. The molecule has 4 rings (SSSR count). The molecule has 3 aromatic rings. The normalized spacial score (nSPS) is 15.4. The van der Waals surface area contributed by atoms with Gasteiger partial charge in [0.15, 0.2) is 11.4 Å². The maximum Gasteiger partial charge on any atom is 0.289 e. The highest BCUT2D eigenvalue weighted by Gasteiger charge is 2.25. The van der Waals surface area contributed by atoms with Gasteiger partial charge in [0.25, 0.3) is 5.91 Å². The van der Waals surface area contributed by atoms with Crippen LogP contribution in [0.3, 0.4) is 0 Å². The summed E-state index contributed by atoms with van der Waals surface area (Å²) in [5, 5.41) is 4.28. The number of amides is 1. The lowest BCUT2D eigenvalue weighted by Gasteiger charge is -2.32. The summed E-state index contributed by atoms with van der Waals surface area (Å²) < 4.78 is 5.19. The number of pyridine rings is 1. The largest absolute Gasteiger partial charge is 0.459 e. The minimum Gasteiger partial charge on any atom is -0.459 e. The van der Waals surface area contributed by atoms with E-state index < -0.39 is 0 Å². The monoisotopic (exact) mass is 338 g/mol. The van der Waals surface area contributed by atoms with E-state index in [1.54, 1.807) is 18.2 Å². The van der Waals surface area contributed by atoms with Crippen LogP contribution < -0.4 is 11.1 Å². The van der Waals surface area contributed by atoms with Crippen LogP contribution in [0.1, 0.15) is 23.4 Å². The number of hydrogen-bond donors (Lipinski definition) is 2. The van der Waals surface area contributed by atoms with Gasteiger partial charge in [-0.25, -0.2) is 15.0 Å². The first-order valence-electron chi connectivity index (χ1n) is 8.17. The van der Waals surface area contributed by atoms with Gasteiger partial charge in [-0.3, -0.25) is 4.79 Å². The Morgan fingerprint density at radius 1 is 1.24 bits per heavy atom. The van der Waals surface area contributed by atoms with Crippen LogP contribution >= 0.6 is 0 Å². The lowest BCUT2D eigenvalue weighted by Crippen LogP contribution is -2.42. The quantitative estimate of drug-likeness (QED) is 0.750. The maximum atomic E-state index is 12.3. The van der Waals surface area contributed by atoms with Gasteiger partial charge < -0.3 is 20.4 Å². The molecule has 8 nitrogen and oxygen atoms in total. The zero-order chi connectivity index (χ0) is 17.2. The van der Waals surface area contributed by atoms with E-state index >= 15 is 0 Å². The predicted octanol–water partition coefficient (Wildman–Crippen LogP) is 1.92. The zero-order valence-corrected chi connectivity index (χ0v) is 13.6. The van der Waals surface area contributed by atoms with Gasteiger partial charge in [0.1, 0.15) is 18.0 Å². The van der Waals surface area contributed by atoms with Crippen molar-refractivity contribution in [2.24, 2.45) is 0 Å². The second-order valence-corrected chi connectivity index (χ2v) is 6.02. The summed E-state index contributed by atoms with van der Waals surface area (Å²) in [4.78, 5) is 26.8. The van der Waals surface area contributed by atoms with Gasteiger partial charge >= 0.3 is 0 Å². The number of carbonyl (C=O) groups excluding carboxylic acids is 1. The molecule has 8 heteroatoms. The maximum absolute atomic E-state index is 12.3. The standard InChI is InChI=1S/C17H18N6O2/c18-14-4-3-12-15(19-10-20-16(12)22-14)21-11-5-7-23(8-6-11)17(24)13-2-1-9-25-13/h1-4,9-11H,5-8H2,(H3,18,19,20,21,22). The molecule has 25 heavy (non-hydrogen) atoms. The number of nitrogens with zero attached hydrogens (tertiary/aromatic N) is 4. The number of likely N-dealkylation sites (tertiary alicyclic amines) is 1. The Kier molecular flexibility index (Phi) is 3.93. The summed E-state index contributed by atoms with van der Waals surface area (Å²) in [5.41, 5.74) is 6.28. The fourth-order valence-corrected chi connectivity index (χ4v) is 3.05. The van der Waals surface area contributed by atoms with Crippen LogP contribution in [0.15, 0.2) is 41.3 Å². The second-order valence-electron chi connectivity index (χ2n) is 6.02. The zero-order valence-electron chi connectivity index (χ0n) is 13.6. The highest BCUT2D eigenvalue weighted by molar-refractivity contribution is 5.91. The first-order chi connectivity index (χ1) is 12.2. The predicted molar refractivity (Wildman–Crippen MR) is 93.0 cm³/mol. The van der Waals surface area contributed by atoms with Crippen molar-refractivity contribution in [1.82, 2.24) is 19.9 Å². The molecule has 3 aromatic heterocycles. The lowest BCUT2D eigenvalue weighted by atomic mass is 10.0. The van der Waals surface area contributed by atoms with E-state index in [1.165, 1.54) is 12.6 Å². The van der Waals surface area contributed by atoms with Crippen molar-refractivity contribution in [3.8, 4) is 0 Å². The highest BCUT2D eigenvalue weighted by Crippen LogP contribution is 2.22. The van der Waals surface area contributed by atoms with Crippen molar-refractivity contribution in [3.63, 3.8) is 0 Å². The molecule has 1 aliphatic rings. The molecule has 1 aliphatic heterocycles. The third kappa shape index (κ3) is 3.10. The molecule has 0 saturated carbocycles. The third-order valence-corrected chi connectivity index (χ3v) is 4.37. The molecule has 0 atom stereocenters. The Balaban J connectivity index is 1.43. The second kappa shape index (κ2) is 6.39. The first-order valence-corrected chi connectivity index (χ1v) is 8.17. The smallest absolute Gasteiger partial charge is 0.289 e. The molecule has 0 aromatic carbocycles.